The fourth-order valence-corrected chi connectivity index (χ4v) is 0.433. The Hall–Kier alpha value is -0.0100. The number of nitrogens with zero attached hydrogens (tertiary/aromatic N) is 1. The van der Waals surface area contributed by atoms with Gasteiger partial charge in [-0.2, -0.15) is 4.21 Å². The standard InChI is InChI=1S/C3H9N.C3H8O3S.H3N/c1-4(2)3;1-3-6-7(4)5-2;/h1-3H3;3H2,1-2H3;1H3. The molecule has 3 N–H and O–H groups in total. The maximum absolute atomic E-state index is 10.1. The summed E-state index contributed by atoms with van der Waals surface area (Å²) in [5.74, 6) is 0. The fourth-order valence-electron chi connectivity index (χ4n) is 0.144. The highest BCUT2D eigenvalue weighted by molar-refractivity contribution is 7.75. The van der Waals surface area contributed by atoms with Crippen molar-refractivity contribution in [1.29, 1.82) is 0 Å². The van der Waals surface area contributed by atoms with Gasteiger partial charge >= 0.3 is 11.4 Å². The molecule has 0 aliphatic rings. The Kier molecular flexibility index (Phi) is 20.3. The summed E-state index contributed by atoms with van der Waals surface area (Å²) in [6.45, 7) is 2.16. The molecular formula is C6H20N2O3S. The lowest BCUT2D eigenvalue weighted by atomic mass is 10.9. The largest absolute Gasteiger partial charge is 0.344 e. The Balaban J connectivity index is -0.000000142. The van der Waals surface area contributed by atoms with Crippen molar-refractivity contribution in [1.82, 2.24) is 11.1 Å². The minimum Gasteiger partial charge on any atom is -0.344 e. The Morgan fingerprint density at radius 2 is 1.67 bits per heavy atom. The second-order valence-electron chi connectivity index (χ2n) is 2.12. The molecule has 0 aliphatic heterocycles. The third-order valence-electron chi connectivity index (χ3n) is 0.350. The second-order valence-corrected chi connectivity index (χ2v) is 3.10. The summed E-state index contributed by atoms with van der Waals surface area (Å²) in [4.78, 5) is 2.00. The zero-order chi connectivity index (χ0) is 9.28. The summed E-state index contributed by atoms with van der Waals surface area (Å²) in [6, 6.07) is 0. The first-order chi connectivity index (χ1) is 5.04. The van der Waals surface area contributed by atoms with E-state index in [9.17, 15) is 4.21 Å². The highest BCUT2D eigenvalue weighted by Gasteiger charge is 1.89. The van der Waals surface area contributed by atoms with Gasteiger partial charge < -0.3 is 11.1 Å². The molecule has 0 aromatic heterocycles. The monoisotopic (exact) mass is 200 g/mol. The first kappa shape index (κ1) is 17.9. The number of hydrogen-bond donors (Lipinski definition) is 1. The topological polar surface area (TPSA) is 73.8 Å². The molecule has 0 saturated heterocycles. The van der Waals surface area contributed by atoms with Gasteiger partial charge in [0.05, 0.1) is 13.7 Å². The first-order valence-corrected chi connectivity index (χ1v) is 4.25. The van der Waals surface area contributed by atoms with E-state index in [1.54, 1.807) is 6.92 Å². The molecule has 0 amide bonds. The lowest BCUT2D eigenvalue weighted by molar-refractivity contribution is 0.296. The van der Waals surface area contributed by atoms with Gasteiger partial charge in [0.25, 0.3) is 0 Å². The molecule has 0 aromatic rings. The van der Waals surface area contributed by atoms with Crippen molar-refractivity contribution < 1.29 is 12.6 Å². The van der Waals surface area contributed by atoms with Gasteiger partial charge in [0, 0.05) is 0 Å². The molecule has 0 aliphatic carbocycles. The molecule has 0 saturated carbocycles. The lowest BCUT2D eigenvalue weighted by Crippen LogP contribution is -1.99. The minimum absolute atomic E-state index is 0. The second kappa shape index (κ2) is 13.6. The van der Waals surface area contributed by atoms with Crippen LogP contribution in [0.4, 0.5) is 0 Å². The lowest BCUT2D eigenvalue weighted by Gasteiger charge is -1.91. The van der Waals surface area contributed by atoms with Crippen LogP contribution >= 0.6 is 0 Å². The minimum atomic E-state index is -1.53. The molecule has 0 radical (unpaired) electrons. The predicted molar refractivity (Wildman–Crippen MR) is 51.4 cm³/mol. The Morgan fingerprint density at radius 3 is 1.75 bits per heavy atom. The SMILES string of the molecule is CCOS(=O)OC.CN(C)C.N. The number of hydrogen-bond acceptors (Lipinski definition) is 5. The van der Waals surface area contributed by atoms with Crippen LogP contribution in [-0.2, 0) is 19.7 Å². The zero-order valence-corrected chi connectivity index (χ0v) is 9.31. The van der Waals surface area contributed by atoms with E-state index in [-0.39, 0.29) is 6.15 Å². The molecule has 12 heavy (non-hydrogen) atoms. The van der Waals surface area contributed by atoms with Gasteiger partial charge in [0.2, 0.25) is 0 Å². The summed E-state index contributed by atoms with van der Waals surface area (Å²) in [6.07, 6.45) is 0. The van der Waals surface area contributed by atoms with Crippen LogP contribution < -0.4 is 6.15 Å². The molecule has 1 atom stereocenters. The van der Waals surface area contributed by atoms with E-state index in [4.69, 9.17) is 0 Å². The quantitative estimate of drug-likeness (QED) is 0.721. The summed E-state index contributed by atoms with van der Waals surface area (Å²) in [5, 5.41) is 0. The maximum atomic E-state index is 10.1. The molecule has 78 valence electrons. The molecule has 6 heteroatoms. The van der Waals surface area contributed by atoms with Crippen molar-refractivity contribution in [3.63, 3.8) is 0 Å². The maximum Gasteiger partial charge on any atom is 0.304 e. The summed E-state index contributed by atoms with van der Waals surface area (Å²) < 4.78 is 18.8. The average Bonchev–Trinajstić information content (AvgIpc) is 1.87. The molecule has 0 fully saturated rings. The summed E-state index contributed by atoms with van der Waals surface area (Å²) in [7, 11) is 7.33. The number of rotatable bonds is 3. The van der Waals surface area contributed by atoms with Crippen LogP contribution in [0.3, 0.4) is 0 Å². The molecule has 0 rings (SSSR count). The normalized spacial score (nSPS) is 11.2. The van der Waals surface area contributed by atoms with E-state index < -0.39 is 11.4 Å². The van der Waals surface area contributed by atoms with E-state index in [0.717, 1.165) is 0 Å². The molecular weight excluding hydrogens is 180 g/mol. The van der Waals surface area contributed by atoms with Crippen molar-refractivity contribution in [2.75, 3.05) is 34.9 Å². The van der Waals surface area contributed by atoms with E-state index in [2.05, 4.69) is 8.37 Å². The van der Waals surface area contributed by atoms with E-state index in [0.29, 0.717) is 6.61 Å². The smallest absolute Gasteiger partial charge is 0.304 e. The molecule has 0 aromatic carbocycles. The highest BCUT2D eigenvalue weighted by atomic mass is 32.2. The first-order valence-electron chi connectivity index (χ1n) is 3.25. The van der Waals surface area contributed by atoms with Crippen LogP contribution in [0.25, 0.3) is 0 Å². The molecule has 1 unspecified atom stereocenters. The third kappa shape index (κ3) is 32.4. The molecule has 0 spiro atoms. The summed E-state index contributed by atoms with van der Waals surface area (Å²) in [5.41, 5.74) is 0. The molecule has 5 nitrogen and oxygen atoms in total. The van der Waals surface area contributed by atoms with Gasteiger partial charge in [-0.25, -0.2) is 0 Å². The zero-order valence-electron chi connectivity index (χ0n) is 8.49. The Morgan fingerprint density at radius 1 is 1.33 bits per heavy atom. The van der Waals surface area contributed by atoms with Crippen molar-refractivity contribution in [3.8, 4) is 0 Å². The summed E-state index contributed by atoms with van der Waals surface area (Å²) >= 11 is -1.53. The average molecular weight is 200 g/mol. The van der Waals surface area contributed by atoms with Gasteiger partial charge in [-0.3, -0.25) is 8.37 Å². The molecule has 0 bridgehead atoms. The molecule has 0 heterocycles. The van der Waals surface area contributed by atoms with Crippen LogP contribution in [0.5, 0.6) is 0 Å². The van der Waals surface area contributed by atoms with Crippen molar-refractivity contribution in [3.05, 3.63) is 0 Å². The highest BCUT2D eigenvalue weighted by Crippen LogP contribution is 1.81. The van der Waals surface area contributed by atoms with Crippen molar-refractivity contribution in [2.45, 2.75) is 6.92 Å². The van der Waals surface area contributed by atoms with Gasteiger partial charge in [-0.05, 0) is 28.1 Å². The fraction of sp³-hybridized carbons (Fsp3) is 1.00. The van der Waals surface area contributed by atoms with Crippen LogP contribution in [0.15, 0.2) is 0 Å². The third-order valence-corrected chi connectivity index (χ3v) is 1.05. The Labute approximate surface area is 77.5 Å². The van der Waals surface area contributed by atoms with Gasteiger partial charge in [0.1, 0.15) is 0 Å². The van der Waals surface area contributed by atoms with Crippen LogP contribution in [0.2, 0.25) is 0 Å². The van der Waals surface area contributed by atoms with Crippen LogP contribution in [0.1, 0.15) is 6.92 Å². The van der Waals surface area contributed by atoms with Gasteiger partial charge in [0.15, 0.2) is 0 Å². The van der Waals surface area contributed by atoms with Crippen molar-refractivity contribution in [2.24, 2.45) is 0 Å². The van der Waals surface area contributed by atoms with Gasteiger partial charge in [-0.15, -0.1) is 0 Å². The van der Waals surface area contributed by atoms with E-state index in [1.165, 1.54) is 7.11 Å². The van der Waals surface area contributed by atoms with E-state index >= 15 is 0 Å². The Bertz CT molecular complexity index is 98.0. The van der Waals surface area contributed by atoms with Crippen LogP contribution in [-0.4, -0.2) is 44.0 Å². The van der Waals surface area contributed by atoms with Gasteiger partial charge in [-0.1, -0.05) is 0 Å². The van der Waals surface area contributed by atoms with Crippen LogP contribution in [0, 0.1) is 0 Å². The predicted octanol–water partition coefficient (Wildman–Crippen LogP) is 0.588. The van der Waals surface area contributed by atoms with Crippen molar-refractivity contribution >= 4 is 11.4 Å². The van der Waals surface area contributed by atoms with E-state index in [1.807, 2.05) is 26.0 Å².